The highest BCUT2D eigenvalue weighted by atomic mass is 35.5. The number of hydrogen-bond acceptors (Lipinski definition) is 6. The van der Waals surface area contributed by atoms with Crippen molar-refractivity contribution in [2.24, 2.45) is 0 Å². The average molecular weight is 436 g/mol. The van der Waals surface area contributed by atoms with Crippen LogP contribution >= 0.6 is 22.9 Å². The summed E-state index contributed by atoms with van der Waals surface area (Å²) in [4.78, 5) is 13.9. The minimum absolute atomic E-state index is 0.413. The van der Waals surface area contributed by atoms with Gasteiger partial charge in [-0.2, -0.15) is 13.2 Å². The summed E-state index contributed by atoms with van der Waals surface area (Å²) < 4.78 is 38.3. The first kappa shape index (κ1) is 19.4. The van der Waals surface area contributed by atoms with Gasteiger partial charge in [0, 0.05) is 5.69 Å². The first-order chi connectivity index (χ1) is 13.8. The number of aromatic nitrogens is 3. The van der Waals surface area contributed by atoms with Gasteiger partial charge in [-0.05, 0) is 43.3 Å². The van der Waals surface area contributed by atoms with Crippen molar-refractivity contribution in [2.75, 3.05) is 10.6 Å². The van der Waals surface area contributed by atoms with Gasteiger partial charge >= 0.3 is 6.18 Å². The molecule has 4 rings (SSSR count). The number of rotatable bonds is 4. The Labute approximate surface area is 172 Å². The van der Waals surface area contributed by atoms with Crippen LogP contribution in [0.15, 0.2) is 48.5 Å². The van der Waals surface area contributed by atoms with Crippen LogP contribution in [0.5, 0.6) is 0 Å². The largest absolute Gasteiger partial charge is 0.416 e. The first-order valence-electron chi connectivity index (χ1n) is 8.40. The number of anilines is 4. The number of thiazole rings is 1. The van der Waals surface area contributed by atoms with E-state index in [4.69, 9.17) is 11.6 Å². The van der Waals surface area contributed by atoms with E-state index in [-0.39, 0.29) is 0 Å². The second kappa shape index (κ2) is 7.49. The molecular weight excluding hydrogens is 423 g/mol. The second-order valence-corrected chi connectivity index (χ2v) is 7.48. The average Bonchev–Trinajstić information content (AvgIpc) is 3.06. The zero-order valence-corrected chi connectivity index (χ0v) is 16.5. The van der Waals surface area contributed by atoms with Crippen molar-refractivity contribution in [1.82, 2.24) is 15.0 Å². The van der Waals surface area contributed by atoms with E-state index in [1.807, 2.05) is 18.2 Å². The lowest BCUT2D eigenvalue weighted by atomic mass is 10.2. The number of para-hydroxylation sites is 1. The fourth-order valence-electron chi connectivity index (χ4n) is 2.63. The molecule has 0 saturated carbocycles. The Morgan fingerprint density at radius 1 is 0.931 bits per heavy atom. The number of alkyl halides is 3. The molecule has 0 aliphatic carbocycles. The van der Waals surface area contributed by atoms with Crippen LogP contribution in [-0.2, 0) is 6.18 Å². The number of halogens is 4. The van der Waals surface area contributed by atoms with Gasteiger partial charge in [-0.15, -0.1) is 0 Å². The fraction of sp³-hybridized carbons (Fsp3) is 0.105. The molecular formula is C19H13ClF3N5S. The molecule has 4 aromatic rings. The third kappa shape index (κ3) is 4.25. The zero-order valence-electron chi connectivity index (χ0n) is 14.9. The molecule has 0 unspecified atom stereocenters. The van der Waals surface area contributed by atoms with Gasteiger partial charge in [0.25, 0.3) is 0 Å². The monoisotopic (exact) mass is 435 g/mol. The maximum absolute atomic E-state index is 12.8. The van der Waals surface area contributed by atoms with Gasteiger partial charge < -0.3 is 10.6 Å². The number of aryl methyl sites for hydroxylation is 1. The van der Waals surface area contributed by atoms with Gasteiger partial charge in [0.05, 0.1) is 16.3 Å². The predicted octanol–water partition coefficient (Wildman–Crippen LogP) is 6.55. The quantitative estimate of drug-likeness (QED) is 0.380. The molecule has 29 heavy (non-hydrogen) atoms. The molecule has 2 aromatic heterocycles. The van der Waals surface area contributed by atoms with E-state index in [1.54, 1.807) is 13.0 Å². The first-order valence-corrected chi connectivity index (χ1v) is 9.60. The topological polar surface area (TPSA) is 62.7 Å². The van der Waals surface area contributed by atoms with E-state index in [1.165, 1.54) is 23.5 Å². The normalized spacial score (nSPS) is 11.6. The van der Waals surface area contributed by atoms with Gasteiger partial charge in [-0.1, -0.05) is 35.1 Å². The fourth-order valence-corrected chi connectivity index (χ4v) is 3.71. The standard InChI is InChI=1S/C19H13ClF3N5S/c1-10-24-16(26-12-8-6-11(7-9-12)19(21,22)23)15-17(25-10)29-18(28-15)27-14-5-3-2-4-13(14)20/h2-9H,1H3,(H,27,28)(H,24,25,26). The van der Waals surface area contributed by atoms with Crippen LogP contribution in [0.2, 0.25) is 5.02 Å². The van der Waals surface area contributed by atoms with Crippen LogP contribution in [0.4, 0.5) is 35.5 Å². The molecule has 0 spiro atoms. The molecule has 0 fully saturated rings. The predicted molar refractivity (Wildman–Crippen MR) is 109 cm³/mol. The van der Waals surface area contributed by atoms with E-state index in [0.717, 1.165) is 12.1 Å². The molecule has 0 bridgehead atoms. The molecule has 2 heterocycles. The van der Waals surface area contributed by atoms with Crippen molar-refractivity contribution in [3.05, 3.63) is 64.9 Å². The maximum atomic E-state index is 12.8. The molecule has 10 heteroatoms. The van der Waals surface area contributed by atoms with Crippen molar-refractivity contribution < 1.29 is 13.2 Å². The Hall–Kier alpha value is -2.91. The highest BCUT2D eigenvalue weighted by Crippen LogP contribution is 2.34. The molecule has 2 N–H and O–H groups in total. The van der Waals surface area contributed by atoms with Gasteiger partial charge in [-0.25, -0.2) is 15.0 Å². The summed E-state index contributed by atoms with van der Waals surface area (Å²) in [6.07, 6.45) is -4.38. The van der Waals surface area contributed by atoms with Gasteiger partial charge in [-0.3, -0.25) is 0 Å². The lowest BCUT2D eigenvalue weighted by Crippen LogP contribution is -2.04. The lowest BCUT2D eigenvalue weighted by molar-refractivity contribution is -0.137. The van der Waals surface area contributed by atoms with E-state index < -0.39 is 11.7 Å². The molecule has 0 saturated heterocycles. The Bertz CT molecular complexity index is 1170. The second-order valence-electron chi connectivity index (χ2n) is 6.10. The van der Waals surface area contributed by atoms with Crippen molar-refractivity contribution in [2.45, 2.75) is 13.1 Å². The number of hydrogen-bond donors (Lipinski definition) is 2. The summed E-state index contributed by atoms with van der Waals surface area (Å²) in [5.41, 5.74) is 0.961. The van der Waals surface area contributed by atoms with Gasteiger partial charge in [0.2, 0.25) is 0 Å². The minimum Gasteiger partial charge on any atom is -0.338 e. The zero-order chi connectivity index (χ0) is 20.6. The molecule has 0 amide bonds. The third-order valence-electron chi connectivity index (χ3n) is 3.96. The molecule has 0 atom stereocenters. The smallest absolute Gasteiger partial charge is 0.338 e. The van der Waals surface area contributed by atoms with E-state index in [2.05, 4.69) is 25.6 Å². The van der Waals surface area contributed by atoms with Crippen LogP contribution in [-0.4, -0.2) is 15.0 Å². The lowest BCUT2D eigenvalue weighted by Gasteiger charge is -2.09. The SMILES string of the molecule is Cc1nc(Nc2ccc(C(F)(F)F)cc2)c2nc(Nc3ccccc3Cl)sc2n1. The van der Waals surface area contributed by atoms with E-state index in [0.29, 0.717) is 43.5 Å². The Balaban J connectivity index is 1.66. The Morgan fingerprint density at radius 2 is 1.66 bits per heavy atom. The molecule has 148 valence electrons. The van der Waals surface area contributed by atoms with E-state index in [9.17, 15) is 13.2 Å². The molecule has 5 nitrogen and oxygen atoms in total. The molecule has 0 aliphatic rings. The molecule has 0 radical (unpaired) electrons. The highest BCUT2D eigenvalue weighted by molar-refractivity contribution is 7.21. The van der Waals surface area contributed by atoms with Crippen LogP contribution in [0.3, 0.4) is 0 Å². The number of nitrogens with zero attached hydrogens (tertiary/aromatic N) is 3. The summed E-state index contributed by atoms with van der Waals surface area (Å²) in [5, 5.41) is 7.30. The highest BCUT2D eigenvalue weighted by Gasteiger charge is 2.30. The summed E-state index contributed by atoms with van der Waals surface area (Å²) >= 11 is 7.50. The van der Waals surface area contributed by atoms with Crippen LogP contribution in [0.25, 0.3) is 10.3 Å². The van der Waals surface area contributed by atoms with Crippen molar-refractivity contribution in [3.63, 3.8) is 0 Å². The van der Waals surface area contributed by atoms with Crippen molar-refractivity contribution in [1.29, 1.82) is 0 Å². The minimum atomic E-state index is -4.38. The van der Waals surface area contributed by atoms with Crippen LogP contribution in [0.1, 0.15) is 11.4 Å². The van der Waals surface area contributed by atoms with E-state index >= 15 is 0 Å². The molecule has 2 aromatic carbocycles. The number of nitrogens with one attached hydrogen (secondary N) is 2. The van der Waals surface area contributed by atoms with Crippen LogP contribution in [0, 0.1) is 6.92 Å². The summed E-state index contributed by atoms with van der Waals surface area (Å²) in [6.45, 7) is 1.73. The summed E-state index contributed by atoms with van der Waals surface area (Å²) in [7, 11) is 0. The van der Waals surface area contributed by atoms with Crippen molar-refractivity contribution in [3.8, 4) is 0 Å². The van der Waals surface area contributed by atoms with Crippen LogP contribution < -0.4 is 10.6 Å². The van der Waals surface area contributed by atoms with Crippen molar-refractivity contribution >= 4 is 55.6 Å². The Kier molecular flexibility index (Phi) is 5.01. The molecule has 0 aliphatic heterocycles. The van der Waals surface area contributed by atoms with Gasteiger partial charge in [0.15, 0.2) is 15.8 Å². The maximum Gasteiger partial charge on any atom is 0.416 e. The van der Waals surface area contributed by atoms with Gasteiger partial charge in [0.1, 0.15) is 11.3 Å². The summed E-state index contributed by atoms with van der Waals surface area (Å²) in [5.74, 6) is 0.926. The Morgan fingerprint density at radius 3 is 2.34 bits per heavy atom. The summed E-state index contributed by atoms with van der Waals surface area (Å²) in [6, 6.07) is 12.0. The number of fused-ring (bicyclic) bond motifs is 1. The third-order valence-corrected chi connectivity index (χ3v) is 5.16. The number of benzene rings is 2.